The molecule has 0 heterocycles. The second-order valence-electron chi connectivity index (χ2n) is 3.27. The van der Waals surface area contributed by atoms with E-state index in [2.05, 4.69) is 12.6 Å². The van der Waals surface area contributed by atoms with Crippen molar-refractivity contribution in [2.24, 2.45) is 0 Å². The van der Waals surface area contributed by atoms with Crippen molar-refractivity contribution in [2.45, 2.75) is 36.2 Å². The van der Waals surface area contributed by atoms with Crippen LogP contribution < -0.4 is 0 Å². The van der Waals surface area contributed by atoms with Crippen LogP contribution in [0.15, 0.2) is 0 Å². The molecule has 0 spiro atoms. The first-order chi connectivity index (χ1) is 5.00. The van der Waals surface area contributed by atoms with Crippen LogP contribution in [0.3, 0.4) is 0 Å². The summed E-state index contributed by atoms with van der Waals surface area (Å²) in [5.41, 5.74) is 0. The molecule has 0 amide bonds. The van der Waals surface area contributed by atoms with Gasteiger partial charge in [0.15, 0.2) is 0 Å². The van der Waals surface area contributed by atoms with Gasteiger partial charge in [0.2, 0.25) is 0 Å². The van der Waals surface area contributed by atoms with Crippen LogP contribution in [0.25, 0.3) is 0 Å². The quantitative estimate of drug-likeness (QED) is 0.638. The molecule has 2 atom stereocenters. The van der Waals surface area contributed by atoms with Crippen LogP contribution in [0.2, 0.25) is 0 Å². The molecule has 0 aromatic rings. The van der Waals surface area contributed by atoms with Crippen molar-refractivity contribution in [2.75, 3.05) is 6.26 Å². The molecule has 0 N–H and O–H groups in total. The average Bonchev–Trinajstić information content (AvgIpc) is 1.86. The maximum atomic E-state index is 11.1. The van der Waals surface area contributed by atoms with Gasteiger partial charge in [0, 0.05) is 11.5 Å². The summed E-state index contributed by atoms with van der Waals surface area (Å²) in [7, 11) is -2.81. The second-order valence-corrected chi connectivity index (χ2v) is 6.33. The minimum Gasteiger partial charge on any atom is -0.229 e. The van der Waals surface area contributed by atoms with E-state index in [0.29, 0.717) is 5.25 Å². The molecule has 1 aliphatic carbocycles. The van der Waals surface area contributed by atoms with E-state index in [-0.39, 0.29) is 5.25 Å². The third-order valence-corrected chi connectivity index (χ3v) is 4.31. The number of rotatable bonds is 1. The van der Waals surface area contributed by atoms with Gasteiger partial charge in [-0.2, -0.15) is 12.6 Å². The van der Waals surface area contributed by atoms with Gasteiger partial charge in [-0.05, 0) is 19.3 Å². The van der Waals surface area contributed by atoms with E-state index in [1.807, 2.05) is 0 Å². The highest BCUT2D eigenvalue weighted by molar-refractivity contribution is 7.91. The van der Waals surface area contributed by atoms with Crippen LogP contribution in [-0.4, -0.2) is 25.2 Å². The highest BCUT2D eigenvalue weighted by Gasteiger charge is 2.26. The Hall–Kier alpha value is 0.300. The maximum absolute atomic E-state index is 11.1. The summed E-state index contributed by atoms with van der Waals surface area (Å²) in [4.78, 5) is 0. The van der Waals surface area contributed by atoms with E-state index in [4.69, 9.17) is 0 Å². The van der Waals surface area contributed by atoms with Gasteiger partial charge in [0.25, 0.3) is 0 Å². The smallest absolute Gasteiger partial charge is 0.150 e. The van der Waals surface area contributed by atoms with Crippen LogP contribution in [0, 0.1) is 0 Å². The molecule has 2 nitrogen and oxygen atoms in total. The Balaban J connectivity index is 2.60. The fraction of sp³-hybridized carbons (Fsp3) is 1.00. The lowest BCUT2D eigenvalue weighted by atomic mass is 10.00. The zero-order valence-electron chi connectivity index (χ0n) is 6.66. The SMILES string of the molecule is CS(=O)(=O)C1CCCC(S)C1. The monoisotopic (exact) mass is 194 g/mol. The molecule has 2 unspecified atom stereocenters. The number of hydrogen-bond donors (Lipinski definition) is 1. The van der Waals surface area contributed by atoms with E-state index >= 15 is 0 Å². The van der Waals surface area contributed by atoms with E-state index in [1.54, 1.807) is 0 Å². The van der Waals surface area contributed by atoms with E-state index in [1.165, 1.54) is 6.26 Å². The number of thiol groups is 1. The van der Waals surface area contributed by atoms with Gasteiger partial charge >= 0.3 is 0 Å². The molecule has 0 saturated heterocycles. The molecule has 1 aliphatic rings. The fourth-order valence-electron chi connectivity index (χ4n) is 1.51. The molecular formula is C7H14O2S2. The molecule has 66 valence electrons. The van der Waals surface area contributed by atoms with E-state index < -0.39 is 9.84 Å². The molecule has 0 aliphatic heterocycles. The molecule has 0 bridgehead atoms. The van der Waals surface area contributed by atoms with Gasteiger partial charge in [0.05, 0.1) is 5.25 Å². The van der Waals surface area contributed by atoms with Crippen LogP contribution >= 0.6 is 12.6 Å². The van der Waals surface area contributed by atoms with Crippen LogP contribution in [0.5, 0.6) is 0 Å². The van der Waals surface area contributed by atoms with Crippen molar-refractivity contribution in [1.29, 1.82) is 0 Å². The number of sulfone groups is 1. The van der Waals surface area contributed by atoms with Crippen molar-refractivity contribution < 1.29 is 8.42 Å². The maximum Gasteiger partial charge on any atom is 0.150 e. The predicted octanol–water partition coefficient (Wildman–Crippen LogP) is 1.27. The summed E-state index contributed by atoms with van der Waals surface area (Å²) < 4.78 is 22.2. The Labute approximate surface area is 73.7 Å². The third kappa shape index (κ3) is 2.67. The first-order valence-corrected chi connectivity index (χ1v) is 6.34. The van der Waals surface area contributed by atoms with Gasteiger partial charge in [-0.1, -0.05) is 6.42 Å². The highest BCUT2D eigenvalue weighted by atomic mass is 32.2. The molecule has 4 heteroatoms. The topological polar surface area (TPSA) is 34.1 Å². The fourth-order valence-corrected chi connectivity index (χ4v) is 3.27. The van der Waals surface area contributed by atoms with Gasteiger partial charge in [0.1, 0.15) is 9.84 Å². The first-order valence-electron chi connectivity index (χ1n) is 3.87. The highest BCUT2D eigenvalue weighted by Crippen LogP contribution is 2.26. The minimum atomic E-state index is -2.81. The Morgan fingerprint density at radius 1 is 1.36 bits per heavy atom. The zero-order chi connectivity index (χ0) is 8.48. The molecule has 1 rings (SSSR count). The number of hydrogen-bond acceptors (Lipinski definition) is 3. The summed E-state index contributed by atoms with van der Waals surface area (Å²) in [5.74, 6) is 0. The van der Waals surface area contributed by atoms with Crippen LogP contribution in [0.1, 0.15) is 25.7 Å². The lowest BCUT2D eigenvalue weighted by Gasteiger charge is -2.24. The predicted molar refractivity (Wildman–Crippen MR) is 49.9 cm³/mol. The van der Waals surface area contributed by atoms with Gasteiger partial charge in [-0.3, -0.25) is 0 Å². The van der Waals surface area contributed by atoms with Gasteiger partial charge in [-0.25, -0.2) is 8.42 Å². The molecule has 0 aromatic heterocycles. The van der Waals surface area contributed by atoms with Crippen LogP contribution in [-0.2, 0) is 9.84 Å². The van der Waals surface area contributed by atoms with Crippen molar-refractivity contribution in [1.82, 2.24) is 0 Å². The average molecular weight is 194 g/mol. The Bertz CT molecular complexity index is 221. The van der Waals surface area contributed by atoms with E-state index in [0.717, 1.165) is 25.7 Å². The second kappa shape index (κ2) is 3.35. The van der Waals surface area contributed by atoms with Gasteiger partial charge in [-0.15, -0.1) is 0 Å². The Morgan fingerprint density at radius 3 is 2.36 bits per heavy atom. The van der Waals surface area contributed by atoms with Crippen molar-refractivity contribution >= 4 is 22.5 Å². The minimum absolute atomic E-state index is 0.126. The largest absolute Gasteiger partial charge is 0.229 e. The van der Waals surface area contributed by atoms with Crippen molar-refractivity contribution in [3.63, 3.8) is 0 Å². The van der Waals surface area contributed by atoms with Crippen molar-refractivity contribution in [3.8, 4) is 0 Å². The summed E-state index contributed by atoms with van der Waals surface area (Å²) in [6, 6.07) is 0. The zero-order valence-corrected chi connectivity index (χ0v) is 8.37. The Kier molecular flexibility index (Phi) is 2.86. The summed E-state index contributed by atoms with van der Waals surface area (Å²) in [5, 5.41) is 0.169. The normalized spacial score (nSPS) is 33.6. The summed E-state index contributed by atoms with van der Waals surface area (Å²) in [6.07, 6.45) is 4.96. The molecule has 1 fully saturated rings. The van der Waals surface area contributed by atoms with Crippen LogP contribution in [0.4, 0.5) is 0 Å². The molecule has 0 radical (unpaired) electrons. The first kappa shape index (κ1) is 9.39. The third-order valence-electron chi connectivity index (χ3n) is 2.20. The lowest BCUT2D eigenvalue weighted by molar-refractivity contribution is 0.496. The van der Waals surface area contributed by atoms with E-state index in [9.17, 15) is 8.42 Å². The molecule has 0 aromatic carbocycles. The molecular weight excluding hydrogens is 180 g/mol. The lowest BCUT2D eigenvalue weighted by Crippen LogP contribution is -2.27. The standard InChI is InChI=1S/C7H14O2S2/c1-11(8,9)7-4-2-3-6(10)5-7/h6-7,10H,2-5H2,1H3. The molecule has 11 heavy (non-hydrogen) atoms. The van der Waals surface area contributed by atoms with Gasteiger partial charge < -0.3 is 0 Å². The Morgan fingerprint density at radius 2 is 2.00 bits per heavy atom. The summed E-state index contributed by atoms with van der Waals surface area (Å²) in [6.45, 7) is 0. The summed E-state index contributed by atoms with van der Waals surface area (Å²) >= 11 is 4.29. The molecule has 1 saturated carbocycles. The van der Waals surface area contributed by atoms with Crippen molar-refractivity contribution in [3.05, 3.63) is 0 Å².